The van der Waals surface area contributed by atoms with E-state index in [0.717, 1.165) is 0 Å². The topological polar surface area (TPSA) is 89.8 Å². The number of benzene rings is 1. The van der Waals surface area contributed by atoms with E-state index >= 15 is 0 Å². The van der Waals surface area contributed by atoms with Crippen molar-refractivity contribution in [1.82, 2.24) is 4.90 Å². The summed E-state index contributed by atoms with van der Waals surface area (Å²) in [7, 11) is 0. The molecule has 0 atom stereocenters. The highest BCUT2D eigenvalue weighted by Gasteiger charge is 2.21. The van der Waals surface area contributed by atoms with E-state index in [1.165, 1.54) is 18.2 Å². The molecule has 1 rings (SSSR count). The predicted molar refractivity (Wildman–Crippen MR) is 85.7 cm³/mol. The van der Waals surface area contributed by atoms with Gasteiger partial charge in [0.25, 0.3) is 5.91 Å². The van der Waals surface area contributed by atoms with Crippen LogP contribution in [0, 0.1) is 16.0 Å². The van der Waals surface area contributed by atoms with Gasteiger partial charge in [0.1, 0.15) is 0 Å². The lowest BCUT2D eigenvalue weighted by Crippen LogP contribution is -2.34. The zero-order valence-electron chi connectivity index (χ0n) is 13.9. The lowest BCUT2D eigenvalue weighted by Gasteiger charge is -2.18. The largest absolute Gasteiger partial charge is 0.477 e. The standard InChI is InChI=1S/C16H22N2O5/c1-5-17(6-2)15(19)10-23-14-8-7-12(16(20)11(3)4)9-13(14)18(21)22/h7-9,11H,5-6,10H2,1-4H3. The van der Waals surface area contributed by atoms with Crippen LogP contribution in [0.4, 0.5) is 5.69 Å². The van der Waals surface area contributed by atoms with Gasteiger partial charge >= 0.3 is 5.69 Å². The zero-order chi connectivity index (χ0) is 17.6. The Kier molecular flexibility index (Phi) is 6.68. The zero-order valence-corrected chi connectivity index (χ0v) is 13.9. The number of likely N-dealkylation sites (N-methyl/N-ethyl adjacent to an activating group) is 1. The van der Waals surface area contributed by atoms with Crippen LogP contribution in [0.3, 0.4) is 0 Å². The van der Waals surface area contributed by atoms with Gasteiger partial charge in [0, 0.05) is 30.6 Å². The molecule has 0 aliphatic heterocycles. The second-order valence-electron chi connectivity index (χ2n) is 5.31. The molecule has 0 fully saturated rings. The van der Waals surface area contributed by atoms with Gasteiger partial charge in [-0.3, -0.25) is 19.7 Å². The van der Waals surface area contributed by atoms with Gasteiger partial charge < -0.3 is 9.64 Å². The highest BCUT2D eigenvalue weighted by atomic mass is 16.6. The van der Waals surface area contributed by atoms with Crippen LogP contribution in [-0.2, 0) is 4.79 Å². The molecule has 0 heterocycles. The second kappa shape index (κ2) is 8.26. The molecule has 126 valence electrons. The molecule has 23 heavy (non-hydrogen) atoms. The lowest BCUT2D eigenvalue weighted by atomic mass is 10.0. The van der Waals surface area contributed by atoms with Crippen LogP contribution in [0.15, 0.2) is 18.2 Å². The van der Waals surface area contributed by atoms with Crippen LogP contribution in [0.1, 0.15) is 38.1 Å². The molecule has 0 bridgehead atoms. The van der Waals surface area contributed by atoms with E-state index in [-0.39, 0.29) is 41.2 Å². The van der Waals surface area contributed by atoms with E-state index < -0.39 is 4.92 Å². The fraction of sp³-hybridized carbons (Fsp3) is 0.500. The molecule has 0 unspecified atom stereocenters. The first-order valence-corrected chi connectivity index (χ1v) is 7.55. The molecule has 0 aliphatic rings. The Morgan fingerprint density at radius 1 is 1.26 bits per heavy atom. The van der Waals surface area contributed by atoms with Crippen LogP contribution in [-0.4, -0.2) is 41.2 Å². The SMILES string of the molecule is CCN(CC)C(=O)COc1ccc(C(=O)C(C)C)cc1[N+](=O)[O-]. The van der Waals surface area contributed by atoms with Crippen molar-refractivity contribution in [3.05, 3.63) is 33.9 Å². The Hall–Kier alpha value is -2.44. The minimum atomic E-state index is -0.617. The predicted octanol–water partition coefficient (Wildman–Crippen LogP) is 2.68. The minimum absolute atomic E-state index is 0.0178. The smallest absolute Gasteiger partial charge is 0.311 e. The van der Waals surface area contributed by atoms with E-state index in [1.807, 2.05) is 13.8 Å². The summed E-state index contributed by atoms with van der Waals surface area (Å²) >= 11 is 0. The third-order valence-electron chi connectivity index (χ3n) is 3.43. The number of ether oxygens (including phenoxy) is 1. The maximum Gasteiger partial charge on any atom is 0.311 e. The molecule has 0 saturated carbocycles. The molecule has 0 aliphatic carbocycles. The summed E-state index contributed by atoms with van der Waals surface area (Å²) in [6.45, 7) is 7.94. The summed E-state index contributed by atoms with van der Waals surface area (Å²) in [5.41, 5.74) is -0.0574. The summed E-state index contributed by atoms with van der Waals surface area (Å²) in [5.74, 6) is -0.702. The summed E-state index contributed by atoms with van der Waals surface area (Å²) in [5, 5.41) is 11.2. The van der Waals surface area contributed by atoms with Gasteiger partial charge in [-0.2, -0.15) is 0 Å². The van der Waals surface area contributed by atoms with Gasteiger partial charge in [0.15, 0.2) is 18.1 Å². The third kappa shape index (κ3) is 4.77. The third-order valence-corrected chi connectivity index (χ3v) is 3.43. The Morgan fingerprint density at radius 3 is 2.35 bits per heavy atom. The molecule has 0 N–H and O–H groups in total. The van der Waals surface area contributed by atoms with E-state index in [4.69, 9.17) is 4.74 Å². The Labute approximate surface area is 135 Å². The Balaban J connectivity index is 2.97. The first kappa shape index (κ1) is 18.6. The number of nitro benzene ring substituents is 1. The average molecular weight is 322 g/mol. The van der Waals surface area contributed by atoms with Crippen LogP contribution >= 0.6 is 0 Å². The van der Waals surface area contributed by atoms with E-state index in [1.54, 1.807) is 18.7 Å². The van der Waals surface area contributed by atoms with E-state index in [0.29, 0.717) is 13.1 Å². The van der Waals surface area contributed by atoms with Crippen molar-refractivity contribution in [2.45, 2.75) is 27.7 Å². The molecule has 7 nitrogen and oxygen atoms in total. The molecular weight excluding hydrogens is 300 g/mol. The number of rotatable bonds is 8. The molecule has 1 amide bonds. The van der Waals surface area contributed by atoms with Crippen LogP contribution in [0.5, 0.6) is 5.75 Å². The number of carbonyl (C=O) groups excluding carboxylic acids is 2. The maximum absolute atomic E-state index is 11.9. The fourth-order valence-corrected chi connectivity index (χ4v) is 2.08. The summed E-state index contributed by atoms with van der Waals surface area (Å²) < 4.78 is 5.30. The van der Waals surface area contributed by atoms with Gasteiger partial charge in [-0.25, -0.2) is 0 Å². The number of hydrogen-bond acceptors (Lipinski definition) is 5. The van der Waals surface area contributed by atoms with Gasteiger partial charge in [-0.1, -0.05) is 13.8 Å². The van der Waals surface area contributed by atoms with Crippen LogP contribution in [0.25, 0.3) is 0 Å². The van der Waals surface area contributed by atoms with Crippen molar-refractivity contribution in [1.29, 1.82) is 0 Å². The summed E-state index contributed by atoms with van der Waals surface area (Å²) in [4.78, 5) is 36.0. The highest BCUT2D eigenvalue weighted by Crippen LogP contribution is 2.29. The van der Waals surface area contributed by atoms with Crippen molar-refractivity contribution in [3.8, 4) is 5.75 Å². The van der Waals surface area contributed by atoms with Crippen LogP contribution < -0.4 is 4.74 Å². The highest BCUT2D eigenvalue weighted by molar-refractivity contribution is 5.98. The van der Waals surface area contributed by atoms with E-state index in [2.05, 4.69) is 0 Å². The molecule has 0 aromatic heterocycles. The first-order chi connectivity index (χ1) is 10.8. The van der Waals surface area contributed by atoms with Gasteiger partial charge in [-0.05, 0) is 26.0 Å². The number of nitro groups is 1. The number of nitrogens with zero attached hydrogens (tertiary/aromatic N) is 2. The molecule has 0 spiro atoms. The normalized spacial score (nSPS) is 10.5. The maximum atomic E-state index is 11.9. The number of ketones is 1. The Morgan fingerprint density at radius 2 is 1.87 bits per heavy atom. The number of hydrogen-bond donors (Lipinski definition) is 0. The average Bonchev–Trinajstić information content (AvgIpc) is 2.52. The van der Waals surface area contributed by atoms with Crippen molar-refractivity contribution in [2.24, 2.45) is 5.92 Å². The minimum Gasteiger partial charge on any atom is -0.477 e. The molecular formula is C16H22N2O5. The van der Waals surface area contributed by atoms with Gasteiger partial charge in [0.05, 0.1) is 4.92 Å². The van der Waals surface area contributed by atoms with Crippen molar-refractivity contribution in [2.75, 3.05) is 19.7 Å². The van der Waals surface area contributed by atoms with Crippen molar-refractivity contribution < 1.29 is 19.2 Å². The molecule has 0 radical (unpaired) electrons. The molecule has 0 saturated heterocycles. The molecule has 7 heteroatoms. The van der Waals surface area contributed by atoms with Crippen LogP contribution in [0.2, 0.25) is 0 Å². The number of carbonyl (C=O) groups is 2. The monoisotopic (exact) mass is 322 g/mol. The molecule has 1 aromatic rings. The van der Waals surface area contributed by atoms with E-state index in [9.17, 15) is 19.7 Å². The van der Waals surface area contributed by atoms with Gasteiger partial charge in [-0.15, -0.1) is 0 Å². The van der Waals surface area contributed by atoms with Crippen molar-refractivity contribution in [3.63, 3.8) is 0 Å². The number of amides is 1. The first-order valence-electron chi connectivity index (χ1n) is 7.55. The van der Waals surface area contributed by atoms with Crippen molar-refractivity contribution >= 4 is 17.4 Å². The lowest BCUT2D eigenvalue weighted by molar-refractivity contribution is -0.385. The fourth-order valence-electron chi connectivity index (χ4n) is 2.08. The summed E-state index contributed by atoms with van der Waals surface area (Å²) in [6, 6.07) is 4.04. The second-order valence-corrected chi connectivity index (χ2v) is 5.31. The summed E-state index contributed by atoms with van der Waals surface area (Å²) in [6.07, 6.45) is 0. The number of Topliss-reactive ketones (excluding diaryl/α,β-unsaturated/α-hetero) is 1. The quantitative estimate of drug-likeness (QED) is 0.417. The molecule has 1 aromatic carbocycles. The Bertz CT molecular complexity index is 594. The van der Waals surface area contributed by atoms with Gasteiger partial charge in [0.2, 0.25) is 0 Å².